The highest BCUT2D eigenvalue weighted by atomic mass is 35.5. The van der Waals surface area contributed by atoms with E-state index < -0.39 is 34.6 Å². The van der Waals surface area contributed by atoms with Gasteiger partial charge in [0.05, 0.1) is 38.3 Å². The molecule has 0 radical (unpaired) electrons. The van der Waals surface area contributed by atoms with Gasteiger partial charge in [-0.05, 0) is 66.6 Å². The monoisotopic (exact) mass is 579 g/mol. The van der Waals surface area contributed by atoms with Gasteiger partial charge in [-0.3, -0.25) is 9.59 Å². The van der Waals surface area contributed by atoms with E-state index in [-0.39, 0.29) is 35.1 Å². The van der Waals surface area contributed by atoms with E-state index in [1.807, 2.05) is 6.07 Å². The molecule has 0 unspecified atom stereocenters. The Labute approximate surface area is 231 Å². The largest absolute Gasteiger partial charge is 0.418 e. The van der Waals surface area contributed by atoms with Crippen molar-refractivity contribution >= 4 is 46.6 Å². The summed E-state index contributed by atoms with van der Waals surface area (Å²) in [6.07, 6.45) is -4.74. The molecule has 0 saturated carbocycles. The highest BCUT2D eigenvalue weighted by Crippen LogP contribution is 2.38. The Morgan fingerprint density at radius 3 is 2.24 bits per heavy atom. The standard InChI is InChI=1S/C27H19Cl3F3N3O2/c1-14-18(7-9-21(29)24(14)27(31,32)33)25(37)35-23-13-36(26(38)16-4-2-15(11-34)3-5-16)12-19(23)17-6-8-20(28)22(30)10-17/h2-10,19,23H,12-13H2,1H3,(H,35,37)/t19-,23+/m0/s1. The van der Waals surface area contributed by atoms with Crippen LogP contribution in [0.25, 0.3) is 0 Å². The number of nitriles is 1. The minimum absolute atomic E-state index is 0.0915. The van der Waals surface area contributed by atoms with Crippen molar-refractivity contribution in [2.75, 3.05) is 13.1 Å². The highest BCUT2D eigenvalue weighted by molar-refractivity contribution is 6.42. The van der Waals surface area contributed by atoms with Gasteiger partial charge in [0.1, 0.15) is 0 Å². The lowest BCUT2D eigenvalue weighted by atomic mass is 9.93. The van der Waals surface area contributed by atoms with Gasteiger partial charge in [-0.1, -0.05) is 40.9 Å². The minimum Gasteiger partial charge on any atom is -0.347 e. The van der Waals surface area contributed by atoms with Crippen molar-refractivity contribution < 1.29 is 22.8 Å². The molecule has 3 aromatic rings. The zero-order valence-corrected chi connectivity index (χ0v) is 22.0. The van der Waals surface area contributed by atoms with Crippen LogP contribution in [0.2, 0.25) is 15.1 Å². The fraction of sp³-hybridized carbons (Fsp3) is 0.222. The number of carbonyl (C=O) groups excluding carboxylic acids is 2. The van der Waals surface area contributed by atoms with Crippen LogP contribution in [0.4, 0.5) is 13.2 Å². The molecule has 38 heavy (non-hydrogen) atoms. The second-order valence-corrected chi connectivity index (χ2v) is 10.1. The van der Waals surface area contributed by atoms with Crippen LogP contribution < -0.4 is 5.32 Å². The van der Waals surface area contributed by atoms with Crippen LogP contribution >= 0.6 is 34.8 Å². The third-order valence-corrected chi connectivity index (χ3v) is 7.55. The van der Waals surface area contributed by atoms with Crippen molar-refractivity contribution in [3.8, 4) is 6.07 Å². The van der Waals surface area contributed by atoms with Gasteiger partial charge in [-0.25, -0.2) is 0 Å². The number of halogens is 6. The van der Waals surface area contributed by atoms with Crippen LogP contribution in [-0.2, 0) is 6.18 Å². The van der Waals surface area contributed by atoms with E-state index in [1.54, 1.807) is 18.2 Å². The van der Waals surface area contributed by atoms with E-state index in [9.17, 15) is 22.8 Å². The summed E-state index contributed by atoms with van der Waals surface area (Å²) in [5, 5.41) is 11.9. The molecule has 0 spiro atoms. The number of nitrogens with zero attached hydrogens (tertiary/aromatic N) is 2. The van der Waals surface area contributed by atoms with Crippen LogP contribution in [0.3, 0.4) is 0 Å². The second kappa shape index (κ2) is 10.9. The number of likely N-dealkylation sites (tertiary alicyclic amines) is 1. The fourth-order valence-electron chi connectivity index (χ4n) is 4.59. The number of hydrogen-bond acceptors (Lipinski definition) is 3. The third-order valence-electron chi connectivity index (χ3n) is 6.50. The number of alkyl halides is 3. The summed E-state index contributed by atoms with van der Waals surface area (Å²) in [6.45, 7) is 1.48. The van der Waals surface area contributed by atoms with Crippen LogP contribution in [0, 0.1) is 18.3 Å². The number of benzene rings is 3. The molecule has 4 rings (SSSR count). The maximum absolute atomic E-state index is 13.6. The molecular weight excluding hydrogens is 562 g/mol. The Balaban J connectivity index is 1.66. The van der Waals surface area contributed by atoms with Crippen LogP contribution in [0.1, 0.15) is 48.9 Å². The first-order valence-electron chi connectivity index (χ1n) is 11.3. The second-order valence-electron chi connectivity index (χ2n) is 8.85. The van der Waals surface area contributed by atoms with Gasteiger partial charge in [0.15, 0.2) is 0 Å². The lowest BCUT2D eigenvalue weighted by Gasteiger charge is -2.22. The van der Waals surface area contributed by atoms with Crippen LogP contribution in [0.5, 0.6) is 0 Å². The summed E-state index contributed by atoms with van der Waals surface area (Å²) in [7, 11) is 0. The zero-order chi connectivity index (χ0) is 27.8. The van der Waals surface area contributed by atoms with Gasteiger partial charge < -0.3 is 10.2 Å². The van der Waals surface area contributed by atoms with Crippen molar-refractivity contribution in [3.05, 3.63) is 103 Å². The summed E-state index contributed by atoms with van der Waals surface area (Å²) < 4.78 is 40.7. The summed E-state index contributed by atoms with van der Waals surface area (Å²) in [5.74, 6) is -1.48. The lowest BCUT2D eigenvalue weighted by molar-refractivity contribution is -0.137. The molecule has 5 nitrogen and oxygen atoms in total. The first kappa shape index (κ1) is 27.8. The molecule has 11 heteroatoms. The molecule has 196 valence electrons. The van der Waals surface area contributed by atoms with Gasteiger partial charge in [0.25, 0.3) is 11.8 Å². The molecule has 2 atom stereocenters. The molecule has 1 heterocycles. The van der Waals surface area contributed by atoms with Gasteiger partial charge in [0.2, 0.25) is 0 Å². The highest BCUT2D eigenvalue weighted by Gasteiger charge is 2.39. The van der Waals surface area contributed by atoms with E-state index in [1.165, 1.54) is 42.2 Å². The predicted molar refractivity (Wildman–Crippen MR) is 139 cm³/mol. The fourth-order valence-corrected chi connectivity index (χ4v) is 5.20. The third kappa shape index (κ3) is 5.60. The molecule has 1 N–H and O–H groups in total. The quantitative estimate of drug-likeness (QED) is 0.366. The molecule has 1 fully saturated rings. The minimum atomic E-state index is -4.74. The molecule has 0 aromatic heterocycles. The molecule has 2 amide bonds. The SMILES string of the molecule is Cc1c(C(=O)N[C@@H]2CN(C(=O)c3ccc(C#N)cc3)C[C@H]2c2ccc(Cl)c(Cl)c2)ccc(Cl)c1C(F)(F)F. The van der Waals surface area contributed by atoms with Gasteiger partial charge in [0, 0.05) is 30.1 Å². The topological polar surface area (TPSA) is 73.2 Å². The summed E-state index contributed by atoms with van der Waals surface area (Å²) >= 11 is 18.1. The number of nitrogens with one attached hydrogen (secondary N) is 1. The van der Waals surface area contributed by atoms with Gasteiger partial charge in [-0.15, -0.1) is 0 Å². The molecule has 1 aliphatic heterocycles. The predicted octanol–water partition coefficient (Wildman–Crippen LogP) is 6.88. The van der Waals surface area contributed by atoms with Crippen LogP contribution in [-0.4, -0.2) is 35.8 Å². The van der Waals surface area contributed by atoms with Crippen molar-refractivity contribution in [1.82, 2.24) is 10.2 Å². The molecule has 1 saturated heterocycles. The number of carbonyl (C=O) groups is 2. The molecule has 0 aliphatic carbocycles. The average molecular weight is 581 g/mol. The Morgan fingerprint density at radius 2 is 1.63 bits per heavy atom. The van der Waals surface area contributed by atoms with Crippen molar-refractivity contribution in [2.45, 2.75) is 25.1 Å². The number of amides is 2. The maximum Gasteiger partial charge on any atom is 0.418 e. The Bertz CT molecular complexity index is 1450. The summed E-state index contributed by atoms with van der Waals surface area (Å²) in [6, 6.07) is 14.7. The summed E-state index contributed by atoms with van der Waals surface area (Å²) in [4.78, 5) is 28.0. The first-order chi connectivity index (χ1) is 17.9. The lowest BCUT2D eigenvalue weighted by Crippen LogP contribution is -2.41. The van der Waals surface area contributed by atoms with Crippen molar-refractivity contribution in [1.29, 1.82) is 5.26 Å². The Kier molecular flexibility index (Phi) is 7.93. The Morgan fingerprint density at radius 1 is 0.974 bits per heavy atom. The molecule has 0 bridgehead atoms. The molecule has 3 aromatic carbocycles. The van der Waals surface area contributed by atoms with E-state index in [2.05, 4.69) is 5.32 Å². The number of rotatable bonds is 4. The zero-order valence-electron chi connectivity index (χ0n) is 19.7. The molecule has 1 aliphatic rings. The first-order valence-corrected chi connectivity index (χ1v) is 12.5. The Hall–Kier alpha value is -3.25. The van der Waals surface area contributed by atoms with Gasteiger partial charge in [-0.2, -0.15) is 18.4 Å². The average Bonchev–Trinajstić information content (AvgIpc) is 3.28. The van der Waals surface area contributed by atoms with E-state index in [0.717, 1.165) is 6.07 Å². The maximum atomic E-state index is 13.6. The van der Waals surface area contributed by atoms with E-state index >= 15 is 0 Å². The molecular formula is C27H19Cl3F3N3O2. The van der Waals surface area contributed by atoms with E-state index in [0.29, 0.717) is 21.7 Å². The van der Waals surface area contributed by atoms with Gasteiger partial charge >= 0.3 is 6.18 Å². The smallest absolute Gasteiger partial charge is 0.347 e. The van der Waals surface area contributed by atoms with Crippen LogP contribution in [0.15, 0.2) is 54.6 Å². The van der Waals surface area contributed by atoms with E-state index in [4.69, 9.17) is 40.1 Å². The number of hydrogen-bond donors (Lipinski definition) is 1. The van der Waals surface area contributed by atoms with Crippen molar-refractivity contribution in [2.24, 2.45) is 0 Å². The van der Waals surface area contributed by atoms with Crippen molar-refractivity contribution in [3.63, 3.8) is 0 Å². The normalized spacial score (nSPS) is 17.3. The summed E-state index contributed by atoms with van der Waals surface area (Å²) in [5.41, 5.74) is -0.0882.